The van der Waals surface area contributed by atoms with Gasteiger partial charge < -0.3 is 5.32 Å². The molecule has 0 spiro atoms. The molecule has 1 fully saturated rings. The number of nitrogens with zero attached hydrogens (tertiary/aromatic N) is 1. The van der Waals surface area contributed by atoms with E-state index >= 15 is 0 Å². The van der Waals surface area contributed by atoms with Crippen LogP contribution in [0.3, 0.4) is 0 Å². The number of benzene rings is 1. The molecule has 0 bridgehead atoms. The van der Waals surface area contributed by atoms with E-state index in [1.807, 2.05) is 0 Å². The molecule has 4 heteroatoms. The van der Waals surface area contributed by atoms with Crippen LogP contribution in [-0.2, 0) is 0 Å². The number of hydrogen-bond donors (Lipinski definition) is 1. The number of nitrogens with one attached hydrogen (secondary N) is 1. The molecular formula is C14H14F2N2. The van der Waals surface area contributed by atoms with Gasteiger partial charge in [0, 0.05) is 17.9 Å². The Bertz CT molecular complexity index is 577. The summed E-state index contributed by atoms with van der Waals surface area (Å²) in [5.74, 6) is -0.915. The second-order valence-electron chi connectivity index (χ2n) is 4.74. The fourth-order valence-electron chi connectivity index (χ4n) is 2.60. The Balaban J connectivity index is 2.08. The molecule has 0 aliphatic heterocycles. The molecular weight excluding hydrogens is 234 g/mol. The fraction of sp³-hybridized carbons (Fsp3) is 0.357. The molecule has 1 aromatic heterocycles. The summed E-state index contributed by atoms with van der Waals surface area (Å²) < 4.78 is 27.5. The van der Waals surface area contributed by atoms with Crippen molar-refractivity contribution in [2.24, 2.45) is 0 Å². The van der Waals surface area contributed by atoms with Gasteiger partial charge in [-0.3, -0.25) is 4.98 Å². The summed E-state index contributed by atoms with van der Waals surface area (Å²) in [5, 5.41) is 3.56. The van der Waals surface area contributed by atoms with Gasteiger partial charge in [-0.15, -0.1) is 0 Å². The minimum absolute atomic E-state index is 0.0954. The molecule has 1 N–H and O–H groups in total. The minimum atomic E-state index is -0.485. The smallest absolute Gasteiger partial charge is 0.149 e. The zero-order valence-electron chi connectivity index (χ0n) is 9.92. The van der Waals surface area contributed by atoms with E-state index in [0.29, 0.717) is 11.7 Å². The number of fused-ring (bicyclic) bond motifs is 1. The van der Waals surface area contributed by atoms with Crippen LogP contribution in [0.2, 0.25) is 0 Å². The highest BCUT2D eigenvalue weighted by molar-refractivity contribution is 5.92. The van der Waals surface area contributed by atoms with Gasteiger partial charge in [0.05, 0.1) is 5.39 Å². The van der Waals surface area contributed by atoms with Gasteiger partial charge in [0.15, 0.2) is 0 Å². The van der Waals surface area contributed by atoms with Crippen LogP contribution in [0, 0.1) is 11.6 Å². The Morgan fingerprint density at radius 3 is 2.56 bits per heavy atom. The second-order valence-corrected chi connectivity index (χ2v) is 4.74. The zero-order chi connectivity index (χ0) is 12.5. The number of pyridine rings is 1. The highest BCUT2D eigenvalue weighted by Gasteiger charge is 2.17. The van der Waals surface area contributed by atoms with E-state index in [2.05, 4.69) is 10.3 Å². The van der Waals surface area contributed by atoms with Crippen molar-refractivity contribution >= 4 is 16.6 Å². The lowest BCUT2D eigenvalue weighted by molar-refractivity contribution is 0.615. The van der Waals surface area contributed by atoms with Gasteiger partial charge in [0.2, 0.25) is 0 Å². The van der Waals surface area contributed by atoms with Crippen molar-refractivity contribution in [1.29, 1.82) is 0 Å². The largest absolute Gasteiger partial charge is 0.382 e. The van der Waals surface area contributed by atoms with Crippen molar-refractivity contribution in [3.8, 4) is 0 Å². The Morgan fingerprint density at radius 1 is 1.06 bits per heavy atom. The maximum Gasteiger partial charge on any atom is 0.149 e. The van der Waals surface area contributed by atoms with Crippen molar-refractivity contribution in [3.05, 3.63) is 36.0 Å². The Labute approximate surface area is 104 Å². The third-order valence-corrected chi connectivity index (χ3v) is 3.51. The normalized spacial score (nSPS) is 16.3. The second kappa shape index (κ2) is 4.52. The van der Waals surface area contributed by atoms with Crippen LogP contribution in [0.1, 0.15) is 25.7 Å². The van der Waals surface area contributed by atoms with Crippen LogP contribution in [0.15, 0.2) is 24.4 Å². The monoisotopic (exact) mass is 248 g/mol. The number of halogens is 2. The molecule has 0 unspecified atom stereocenters. The van der Waals surface area contributed by atoms with Crippen LogP contribution in [0.4, 0.5) is 14.5 Å². The molecule has 1 heterocycles. The predicted octanol–water partition coefficient (Wildman–Crippen LogP) is 3.87. The first-order valence-corrected chi connectivity index (χ1v) is 6.25. The molecule has 1 saturated carbocycles. The third-order valence-electron chi connectivity index (χ3n) is 3.51. The van der Waals surface area contributed by atoms with Gasteiger partial charge in [0.25, 0.3) is 0 Å². The first-order valence-electron chi connectivity index (χ1n) is 6.25. The molecule has 1 aliphatic rings. The van der Waals surface area contributed by atoms with Crippen LogP contribution in [0.25, 0.3) is 10.9 Å². The van der Waals surface area contributed by atoms with Gasteiger partial charge in [-0.2, -0.15) is 0 Å². The highest BCUT2D eigenvalue weighted by Crippen LogP contribution is 2.29. The quantitative estimate of drug-likeness (QED) is 0.872. The van der Waals surface area contributed by atoms with Gasteiger partial charge in [-0.05, 0) is 31.0 Å². The lowest BCUT2D eigenvalue weighted by atomic mass is 10.1. The van der Waals surface area contributed by atoms with E-state index in [4.69, 9.17) is 0 Å². The van der Waals surface area contributed by atoms with Crippen molar-refractivity contribution in [2.45, 2.75) is 31.7 Å². The zero-order valence-corrected chi connectivity index (χ0v) is 9.92. The highest BCUT2D eigenvalue weighted by atomic mass is 19.1. The van der Waals surface area contributed by atoms with Crippen molar-refractivity contribution in [2.75, 3.05) is 5.32 Å². The molecule has 94 valence electrons. The summed E-state index contributed by atoms with van der Waals surface area (Å²) >= 11 is 0. The van der Waals surface area contributed by atoms with E-state index < -0.39 is 11.6 Å². The minimum Gasteiger partial charge on any atom is -0.382 e. The molecule has 18 heavy (non-hydrogen) atoms. The summed E-state index contributed by atoms with van der Waals surface area (Å²) in [6.45, 7) is 0. The Morgan fingerprint density at radius 2 is 1.78 bits per heavy atom. The van der Waals surface area contributed by atoms with Crippen LogP contribution in [0.5, 0.6) is 0 Å². The van der Waals surface area contributed by atoms with E-state index in [1.165, 1.54) is 19.0 Å². The maximum absolute atomic E-state index is 13.9. The van der Waals surface area contributed by atoms with E-state index in [9.17, 15) is 8.78 Å². The predicted molar refractivity (Wildman–Crippen MR) is 67.5 cm³/mol. The summed E-state index contributed by atoms with van der Waals surface area (Å²) in [6, 6.07) is 4.34. The van der Waals surface area contributed by atoms with Crippen molar-refractivity contribution in [1.82, 2.24) is 4.98 Å². The molecule has 0 saturated heterocycles. The average Bonchev–Trinajstić information content (AvgIpc) is 2.87. The maximum atomic E-state index is 13.9. The summed E-state index contributed by atoms with van der Waals surface area (Å²) in [4.78, 5) is 3.92. The number of aromatic nitrogens is 1. The first-order chi connectivity index (χ1) is 8.75. The van der Waals surface area contributed by atoms with Crippen molar-refractivity contribution in [3.63, 3.8) is 0 Å². The van der Waals surface area contributed by atoms with E-state index in [1.54, 1.807) is 6.07 Å². The Hall–Kier alpha value is -1.71. The van der Waals surface area contributed by atoms with Gasteiger partial charge in [-0.1, -0.05) is 12.8 Å². The molecule has 2 aromatic rings. The molecule has 3 rings (SSSR count). The molecule has 2 nitrogen and oxygen atoms in total. The van der Waals surface area contributed by atoms with E-state index in [0.717, 1.165) is 25.0 Å². The standard InChI is InChI=1S/C14H14F2N2/c15-10-5-6-11(16)14-13(10)12(7-8-17-14)18-9-3-1-2-4-9/h5-9H,1-4H2,(H,17,18). The first kappa shape index (κ1) is 11.4. The summed E-state index contributed by atoms with van der Waals surface area (Å²) in [5.41, 5.74) is 0.738. The molecule has 0 radical (unpaired) electrons. The lowest BCUT2D eigenvalue weighted by Crippen LogP contribution is -2.15. The third kappa shape index (κ3) is 1.92. The summed E-state index contributed by atoms with van der Waals surface area (Å²) in [6.07, 6.45) is 6.07. The molecule has 1 aliphatic carbocycles. The molecule has 1 aromatic carbocycles. The van der Waals surface area contributed by atoms with Crippen LogP contribution >= 0.6 is 0 Å². The van der Waals surface area contributed by atoms with E-state index in [-0.39, 0.29) is 10.9 Å². The topological polar surface area (TPSA) is 24.9 Å². The summed E-state index contributed by atoms with van der Waals surface area (Å²) in [7, 11) is 0. The van der Waals surface area contributed by atoms with Crippen LogP contribution in [-0.4, -0.2) is 11.0 Å². The van der Waals surface area contributed by atoms with Gasteiger partial charge in [-0.25, -0.2) is 8.78 Å². The van der Waals surface area contributed by atoms with Gasteiger partial charge >= 0.3 is 0 Å². The molecule has 0 atom stereocenters. The Kier molecular flexibility index (Phi) is 2.86. The number of rotatable bonds is 2. The van der Waals surface area contributed by atoms with Crippen LogP contribution < -0.4 is 5.32 Å². The van der Waals surface area contributed by atoms with Gasteiger partial charge in [0.1, 0.15) is 17.2 Å². The average molecular weight is 248 g/mol. The fourth-order valence-corrected chi connectivity index (χ4v) is 2.60. The SMILES string of the molecule is Fc1ccc(F)c2c(NC3CCCC3)ccnc12. The van der Waals surface area contributed by atoms with Crippen molar-refractivity contribution < 1.29 is 8.78 Å². The number of anilines is 1. The lowest BCUT2D eigenvalue weighted by Gasteiger charge is -2.15. The number of hydrogen-bond acceptors (Lipinski definition) is 2. The molecule has 0 amide bonds.